The maximum atomic E-state index is 13.0. The molecule has 0 radical (unpaired) electrons. The Bertz CT molecular complexity index is 674. The molecule has 1 aromatic rings. The largest absolute Gasteiger partial charge is 0.327 e. The Labute approximate surface area is 160 Å². The van der Waals surface area contributed by atoms with E-state index in [2.05, 4.69) is 9.98 Å². The van der Waals surface area contributed by atoms with Crippen LogP contribution in [0.2, 0.25) is 0 Å². The number of carbonyl (C=O) groups is 1. The molecule has 0 aromatic carbocycles. The second-order valence-corrected chi connectivity index (χ2v) is 7.83. The van der Waals surface area contributed by atoms with E-state index in [0.29, 0.717) is 12.2 Å². The van der Waals surface area contributed by atoms with E-state index in [1.54, 1.807) is 38.4 Å². The Morgan fingerprint density at radius 1 is 1.65 bits per heavy atom. The molecule has 3 unspecified atom stereocenters. The Balaban J connectivity index is 2.02. The molecule has 0 spiro atoms. The van der Waals surface area contributed by atoms with Crippen molar-refractivity contribution in [3.8, 4) is 0 Å². The Morgan fingerprint density at radius 3 is 2.85 bits per heavy atom. The van der Waals surface area contributed by atoms with E-state index >= 15 is 0 Å². The van der Waals surface area contributed by atoms with Gasteiger partial charge in [0.25, 0.3) is 5.92 Å². The van der Waals surface area contributed by atoms with Gasteiger partial charge >= 0.3 is 0 Å². The molecule has 0 bridgehead atoms. The van der Waals surface area contributed by atoms with Gasteiger partial charge in [-0.25, -0.2) is 8.78 Å². The molecule has 1 amide bonds. The van der Waals surface area contributed by atoms with Gasteiger partial charge in [0.2, 0.25) is 5.91 Å². The Morgan fingerprint density at radius 2 is 2.35 bits per heavy atom. The van der Waals surface area contributed by atoms with Crippen molar-refractivity contribution >= 4 is 46.3 Å². The number of pyridine rings is 1. The highest BCUT2D eigenvalue weighted by Gasteiger charge is 2.56. The number of alkyl halides is 2. The van der Waals surface area contributed by atoms with Crippen LogP contribution in [0.3, 0.4) is 0 Å². The van der Waals surface area contributed by atoms with E-state index in [-0.39, 0.29) is 23.3 Å². The fourth-order valence-corrected chi connectivity index (χ4v) is 3.71. The summed E-state index contributed by atoms with van der Waals surface area (Å²) in [6, 6.07) is 2.66. The molecule has 9 heteroatoms. The van der Waals surface area contributed by atoms with Crippen LogP contribution in [-0.4, -0.2) is 56.7 Å². The van der Waals surface area contributed by atoms with Crippen LogP contribution in [0.1, 0.15) is 20.3 Å². The van der Waals surface area contributed by atoms with Crippen molar-refractivity contribution in [3.05, 3.63) is 24.5 Å². The van der Waals surface area contributed by atoms with Gasteiger partial charge in [-0.05, 0) is 26.0 Å². The van der Waals surface area contributed by atoms with Gasteiger partial charge in [-0.2, -0.15) is 0 Å². The fourth-order valence-electron chi connectivity index (χ4n) is 2.37. The van der Waals surface area contributed by atoms with Gasteiger partial charge in [0, 0.05) is 37.0 Å². The molecule has 2 rings (SSSR count). The van der Waals surface area contributed by atoms with Crippen LogP contribution in [0.5, 0.6) is 0 Å². The minimum Gasteiger partial charge on any atom is -0.327 e. The first-order valence-electron chi connectivity index (χ1n) is 8.24. The van der Waals surface area contributed by atoms with Crippen molar-refractivity contribution in [1.82, 2.24) is 9.88 Å². The molecule has 1 aliphatic carbocycles. The molecular formula is C17H21ClF2N4OS. The number of aliphatic imine (C=N–C) groups is 1. The summed E-state index contributed by atoms with van der Waals surface area (Å²) in [5.74, 6) is -3.25. The van der Waals surface area contributed by atoms with Gasteiger partial charge < -0.3 is 4.90 Å². The molecule has 1 aromatic heterocycles. The lowest BCUT2D eigenvalue weighted by molar-refractivity contribution is -0.130. The van der Waals surface area contributed by atoms with Crippen LogP contribution in [0, 0.1) is 11.3 Å². The maximum Gasteiger partial charge on any atom is 0.252 e. The third kappa shape index (κ3) is 5.48. The second kappa shape index (κ2) is 8.90. The maximum absolute atomic E-state index is 13.0. The summed E-state index contributed by atoms with van der Waals surface area (Å²) in [5.41, 5.74) is 0.581. The standard InChI is InChI=1S/C17H21ClF2N4OS/c1-3-24(16(25)11(2)26-10-12-7-17(12,19)20)14(15(18)21)9-23-13-5-4-6-22-8-13/h4-6,8-9,11-12,14,21H,3,7,10H2,1-2H3. The molecule has 0 saturated heterocycles. The predicted molar refractivity (Wildman–Crippen MR) is 102 cm³/mol. The SMILES string of the molecule is CCN(C(=O)C(C)SCC1CC1(F)F)C(C=Nc1cccnc1)C(=N)Cl. The van der Waals surface area contributed by atoms with Gasteiger partial charge in [0.1, 0.15) is 11.2 Å². The summed E-state index contributed by atoms with van der Waals surface area (Å²) in [7, 11) is 0. The van der Waals surface area contributed by atoms with Crippen molar-refractivity contribution in [1.29, 1.82) is 5.41 Å². The van der Waals surface area contributed by atoms with Crippen LogP contribution in [-0.2, 0) is 4.79 Å². The molecule has 1 heterocycles. The number of hydrogen-bond acceptors (Lipinski definition) is 5. The average molecular weight is 403 g/mol. The topological polar surface area (TPSA) is 69.4 Å². The zero-order valence-electron chi connectivity index (χ0n) is 14.5. The summed E-state index contributed by atoms with van der Waals surface area (Å²) in [6.07, 6.45) is 4.49. The lowest BCUT2D eigenvalue weighted by Gasteiger charge is -2.29. The quantitative estimate of drug-likeness (QED) is 0.635. The van der Waals surface area contributed by atoms with Crippen molar-refractivity contribution in [2.45, 2.75) is 37.5 Å². The number of aromatic nitrogens is 1. The first-order chi connectivity index (χ1) is 12.3. The van der Waals surface area contributed by atoms with Crippen LogP contribution >= 0.6 is 23.4 Å². The molecule has 1 aliphatic rings. The summed E-state index contributed by atoms with van der Waals surface area (Å²) >= 11 is 7.09. The van der Waals surface area contributed by atoms with Crippen LogP contribution in [0.15, 0.2) is 29.5 Å². The normalized spacial score (nSPS) is 20.6. The number of nitrogens with zero attached hydrogens (tertiary/aromatic N) is 3. The van der Waals surface area contributed by atoms with Gasteiger partial charge in [-0.3, -0.25) is 20.2 Å². The number of carbonyl (C=O) groups excluding carboxylic acids is 1. The molecule has 1 saturated carbocycles. The van der Waals surface area contributed by atoms with Crippen LogP contribution in [0.25, 0.3) is 0 Å². The van der Waals surface area contributed by atoms with Gasteiger partial charge in [0.15, 0.2) is 0 Å². The lowest BCUT2D eigenvalue weighted by atomic mass is 10.2. The van der Waals surface area contributed by atoms with E-state index in [1.165, 1.54) is 22.9 Å². The summed E-state index contributed by atoms with van der Waals surface area (Å²) in [6.45, 7) is 3.78. The lowest BCUT2D eigenvalue weighted by Crippen LogP contribution is -2.47. The molecular weight excluding hydrogens is 382 g/mol. The van der Waals surface area contributed by atoms with E-state index < -0.39 is 23.1 Å². The average Bonchev–Trinajstić information content (AvgIpc) is 3.23. The highest BCUT2D eigenvalue weighted by atomic mass is 35.5. The number of rotatable bonds is 9. The second-order valence-electron chi connectivity index (χ2n) is 6.04. The van der Waals surface area contributed by atoms with E-state index in [0.717, 1.165) is 0 Å². The predicted octanol–water partition coefficient (Wildman–Crippen LogP) is 3.99. The smallest absolute Gasteiger partial charge is 0.252 e. The molecule has 142 valence electrons. The third-order valence-corrected chi connectivity index (χ3v) is 5.60. The van der Waals surface area contributed by atoms with E-state index in [4.69, 9.17) is 17.0 Å². The van der Waals surface area contributed by atoms with E-state index in [9.17, 15) is 13.6 Å². The van der Waals surface area contributed by atoms with Gasteiger partial charge in [-0.1, -0.05) is 11.6 Å². The van der Waals surface area contributed by atoms with Crippen molar-refractivity contribution in [2.75, 3.05) is 12.3 Å². The van der Waals surface area contributed by atoms with E-state index in [1.807, 2.05) is 0 Å². The molecule has 0 aliphatic heterocycles. The number of nitrogens with one attached hydrogen (secondary N) is 1. The minimum absolute atomic E-state index is 0.106. The summed E-state index contributed by atoms with van der Waals surface area (Å²) < 4.78 is 26.0. The van der Waals surface area contributed by atoms with Crippen molar-refractivity contribution in [2.24, 2.45) is 10.9 Å². The van der Waals surface area contributed by atoms with Gasteiger partial charge in [-0.15, -0.1) is 11.8 Å². The molecule has 1 N–H and O–H groups in total. The third-order valence-electron chi connectivity index (χ3n) is 4.08. The number of amides is 1. The monoisotopic (exact) mass is 402 g/mol. The zero-order chi connectivity index (χ0) is 19.3. The minimum atomic E-state index is -2.59. The number of hydrogen-bond donors (Lipinski definition) is 1. The number of thioether (sulfide) groups is 1. The fraction of sp³-hybridized carbons (Fsp3) is 0.529. The Kier molecular flexibility index (Phi) is 7.11. The highest BCUT2D eigenvalue weighted by molar-refractivity contribution is 8.00. The van der Waals surface area contributed by atoms with Crippen LogP contribution < -0.4 is 0 Å². The zero-order valence-corrected chi connectivity index (χ0v) is 16.1. The van der Waals surface area contributed by atoms with Crippen molar-refractivity contribution < 1.29 is 13.6 Å². The molecule has 1 fully saturated rings. The molecule has 5 nitrogen and oxygen atoms in total. The molecule has 26 heavy (non-hydrogen) atoms. The van der Waals surface area contributed by atoms with Crippen molar-refractivity contribution in [3.63, 3.8) is 0 Å². The molecule has 3 atom stereocenters. The number of halogens is 3. The highest BCUT2D eigenvalue weighted by Crippen LogP contribution is 2.50. The van der Waals surface area contributed by atoms with Crippen LogP contribution in [0.4, 0.5) is 14.5 Å². The summed E-state index contributed by atoms with van der Waals surface area (Å²) in [4.78, 5) is 22.3. The van der Waals surface area contributed by atoms with Gasteiger partial charge in [0.05, 0.1) is 17.1 Å². The first-order valence-corrected chi connectivity index (χ1v) is 9.67. The Hall–Kier alpha value is -1.54. The first kappa shape index (κ1) is 20.8. The summed E-state index contributed by atoms with van der Waals surface area (Å²) in [5, 5.41) is 7.04.